The Morgan fingerprint density at radius 3 is 2.31 bits per heavy atom. The number of aliphatic hydroxyl groups excluding tert-OH is 1. The molecule has 2 aromatic carbocycles. The SMILES string of the molecule is COC(=O)CC(C1=C(O)c2ccccc2C(=O)C1=O)c1ccccc1Cl. The van der Waals surface area contributed by atoms with Crippen LogP contribution in [0.15, 0.2) is 54.1 Å². The number of hydrogen-bond acceptors (Lipinski definition) is 5. The Hall–Kier alpha value is -2.92. The van der Waals surface area contributed by atoms with Gasteiger partial charge in [-0.3, -0.25) is 14.4 Å². The molecule has 0 spiro atoms. The van der Waals surface area contributed by atoms with E-state index in [2.05, 4.69) is 0 Å². The third kappa shape index (κ3) is 3.02. The number of benzene rings is 2. The van der Waals surface area contributed by atoms with Crippen molar-refractivity contribution in [1.29, 1.82) is 0 Å². The minimum Gasteiger partial charge on any atom is -0.507 e. The molecule has 1 unspecified atom stereocenters. The molecule has 0 fully saturated rings. The van der Waals surface area contributed by atoms with Gasteiger partial charge < -0.3 is 9.84 Å². The largest absolute Gasteiger partial charge is 0.507 e. The predicted octanol–water partition coefficient (Wildman–Crippen LogP) is 3.72. The number of methoxy groups -OCH3 is 1. The van der Waals surface area contributed by atoms with Gasteiger partial charge in [0.25, 0.3) is 0 Å². The Morgan fingerprint density at radius 2 is 1.65 bits per heavy atom. The van der Waals surface area contributed by atoms with E-state index < -0.39 is 23.5 Å². The van der Waals surface area contributed by atoms with Gasteiger partial charge in [0.2, 0.25) is 11.6 Å². The molecule has 0 bridgehead atoms. The van der Waals surface area contributed by atoms with Gasteiger partial charge in [-0.25, -0.2) is 0 Å². The van der Waals surface area contributed by atoms with Crippen LogP contribution in [0.5, 0.6) is 0 Å². The van der Waals surface area contributed by atoms with Crippen LogP contribution in [0.4, 0.5) is 0 Å². The van der Waals surface area contributed by atoms with Gasteiger partial charge in [-0.1, -0.05) is 54.1 Å². The number of carbonyl (C=O) groups excluding carboxylic acids is 3. The minimum atomic E-state index is -0.902. The van der Waals surface area contributed by atoms with E-state index in [1.165, 1.54) is 13.2 Å². The van der Waals surface area contributed by atoms with E-state index in [0.717, 1.165) is 0 Å². The first-order valence-electron chi connectivity index (χ1n) is 7.88. The molecule has 0 radical (unpaired) electrons. The van der Waals surface area contributed by atoms with Crippen molar-refractivity contribution in [3.05, 3.63) is 75.8 Å². The molecular weight excluding hydrogens is 356 g/mol. The Labute approximate surface area is 154 Å². The van der Waals surface area contributed by atoms with E-state index in [4.69, 9.17) is 16.3 Å². The lowest BCUT2D eigenvalue weighted by molar-refractivity contribution is -0.140. The number of esters is 1. The lowest BCUT2D eigenvalue weighted by atomic mass is 9.78. The summed E-state index contributed by atoms with van der Waals surface area (Å²) in [6.45, 7) is 0. The number of halogens is 1. The van der Waals surface area contributed by atoms with Crippen molar-refractivity contribution in [2.75, 3.05) is 7.11 Å². The molecule has 26 heavy (non-hydrogen) atoms. The molecule has 0 saturated heterocycles. The van der Waals surface area contributed by atoms with Crippen molar-refractivity contribution in [3.63, 3.8) is 0 Å². The van der Waals surface area contributed by atoms with Crippen LogP contribution in [0.3, 0.4) is 0 Å². The highest BCUT2D eigenvalue weighted by molar-refractivity contribution is 6.52. The average Bonchev–Trinajstić information content (AvgIpc) is 2.66. The van der Waals surface area contributed by atoms with Crippen LogP contribution in [-0.2, 0) is 14.3 Å². The van der Waals surface area contributed by atoms with E-state index in [9.17, 15) is 19.5 Å². The van der Waals surface area contributed by atoms with Crippen LogP contribution in [0.1, 0.15) is 33.8 Å². The second kappa shape index (κ2) is 7.14. The first-order chi connectivity index (χ1) is 12.5. The Kier molecular flexibility index (Phi) is 4.91. The highest BCUT2D eigenvalue weighted by atomic mass is 35.5. The maximum absolute atomic E-state index is 12.7. The number of ether oxygens (including phenoxy) is 1. The fraction of sp³-hybridized carbons (Fsp3) is 0.150. The monoisotopic (exact) mass is 370 g/mol. The number of fused-ring (bicyclic) bond motifs is 1. The summed E-state index contributed by atoms with van der Waals surface area (Å²) in [4.78, 5) is 37.2. The summed E-state index contributed by atoms with van der Waals surface area (Å²) in [7, 11) is 1.23. The van der Waals surface area contributed by atoms with Gasteiger partial charge >= 0.3 is 5.97 Å². The van der Waals surface area contributed by atoms with E-state index in [0.29, 0.717) is 10.6 Å². The second-order valence-electron chi connectivity index (χ2n) is 5.82. The molecule has 1 atom stereocenters. The van der Waals surface area contributed by atoms with Crippen molar-refractivity contribution in [2.24, 2.45) is 0 Å². The predicted molar refractivity (Wildman–Crippen MR) is 96.2 cm³/mol. The molecule has 0 amide bonds. The summed E-state index contributed by atoms with van der Waals surface area (Å²) >= 11 is 6.24. The molecule has 1 N–H and O–H groups in total. The molecule has 0 aliphatic heterocycles. The number of hydrogen-bond donors (Lipinski definition) is 1. The smallest absolute Gasteiger partial charge is 0.306 e. The molecule has 6 heteroatoms. The normalized spacial score (nSPS) is 14.8. The zero-order chi connectivity index (χ0) is 18.8. The topological polar surface area (TPSA) is 80.7 Å². The van der Waals surface area contributed by atoms with E-state index in [1.807, 2.05) is 0 Å². The van der Waals surface area contributed by atoms with Crippen LogP contribution >= 0.6 is 11.6 Å². The molecule has 2 aromatic rings. The number of carbonyl (C=O) groups is 3. The summed E-state index contributed by atoms with van der Waals surface area (Å²) < 4.78 is 4.72. The first-order valence-corrected chi connectivity index (χ1v) is 8.26. The molecule has 3 rings (SSSR count). The fourth-order valence-corrected chi connectivity index (χ4v) is 3.35. The van der Waals surface area contributed by atoms with Crippen LogP contribution in [0, 0.1) is 0 Å². The standard InChI is InChI=1S/C20H15ClO5/c1-26-16(22)10-14(11-6-4-5-9-15(11)21)17-18(23)12-7-2-3-8-13(12)19(24)20(17)25/h2-9,14,23H,10H2,1H3. The lowest BCUT2D eigenvalue weighted by Gasteiger charge is -2.25. The number of rotatable bonds is 4. The summed E-state index contributed by atoms with van der Waals surface area (Å²) in [6, 6.07) is 13.0. The number of aliphatic hydroxyl groups is 1. The minimum absolute atomic E-state index is 0.134. The molecular formula is C20H15ClO5. The number of Topliss-reactive ketones (excluding diaryl/α,β-unsaturated/α-hetero) is 2. The fourth-order valence-electron chi connectivity index (χ4n) is 3.08. The van der Waals surface area contributed by atoms with Gasteiger partial charge in [0, 0.05) is 22.1 Å². The van der Waals surface area contributed by atoms with Crippen molar-refractivity contribution in [2.45, 2.75) is 12.3 Å². The number of ketones is 2. The van der Waals surface area contributed by atoms with Crippen molar-refractivity contribution >= 4 is 34.9 Å². The van der Waals surface area contributed by atoms with Crippen LogP contribution in [0.25, 0.3) is 5.76 Å². The van der Waals surface area contributed by atoms with Gasteiger partial charge in [0.05, 0.1) is 19.1 Å². The third-order valence-electron chi connectivity index (χ3n) is 4.36. The van der Waals surface area contributed by atoms with E-state index in [1.54, 1.807) is 42.5 Å². The quantitative estimate of drug-likeness (QED) is 0.655. The van der Waals surface area contributed by atoms with Gasteiger partial charge in [0.15, 0.2) is 0 Å². The number of allylic oxidation sites excluding steroid dienone is 1. The van der Waals surface area contributed by atoms with Crippen LogP contribution in [0.2, 0.25) is 5.02 Å². The lowest BCUT2D eigenvalue weighted by Crippen LogP contribution is -2.28. The maximum Gasteiger partial charge on any atom is 0.306 e. The van der Waals surface area contributed by atoms with Gasteiger partial charge in [-0.2, -0.15) is 0 Å². The average molecular weight is 371 g/mol. The maximum atomic E-state index is 12.7. The zero-order valence-corrected chi connectivity index (χ0v) is 14.6. The van der Waals surface area contributed by atoms with Crippen molar-refractivity contribution in [3.8, 4) is 0 Å². The molecule has 0 aromatic heterocycles. The molecule has 1 aliphatic carbocycles. The summed E-state index contributed by atoms with van der Waals surface area (Å²) in [5.41, 5.74) is 0.706. The zero-order valence-electron chi connectivity index (χ0n) is 13.9. The molecule has 132 valence electrons. The van der Waals surface area contributed by atoms with Gasteiger partial charge in [0.1, 0.15) is 5.76 Å². The molecule has 1 aliphatic rings. The van der Waals surface area contributed by atoms with Crippen LogP contribution < -0.4 is 0 Å². The van der Waals surface area contributed by atoms with E-state index in [-0.39, 0.29) is 28.9 Å². The first kappa shape index (κ1) is 17.9. The van der Waals surface area contributed by atoms with Gasteiger partial charge in [-0.05, 0) is 11.6 Å². The highest BCUT2D eigenvalue weighted by Crippen LogP contribution is 2.40. The van der Waals surface area contributed by atoms with Crippen molar-refractivity contribution in [1.82, 2.24) is 0 Å². The summed E-state index contributed by atoms with van der Waals surface area (Å²) in [5, 5.41) is 11.0. The molecule has 5 nitrogen and oxygen atoms in total. The summed E-state index contributed by atoms with van der Waals surface area (Å²) in [5.74, 6) is -3.39. The second-order valence-corrected chi connectivity index (χ2v) is 6.23. The Morgan fingerprint density at radius 1 is 1.04 bits per heavy atom. The molecule has 0 heterocycles. The highest BCUT2D eigenvalue weighted by Gasteiger charge is 2.38. The molecule has 0 saturated carbocycles. The van der Waals surface area contributed by atoms with Crippen LogP contribution in [-0.4, -0.2) is 29.8 Å². The van der Waals surface area contributed by atoms with Gasteiger partial charge in [-0.15, -0.1) is 0 Å². The van der Waals surface area contributed by atoms with Crippen molar-refractivity contribution < 1.29 is 24.2 Å². The Balaban J connectivity index is 2.23. The van der Waals surface area contributed by atoms with E-state index >= 15 is 0 Å². The summed E-state index contributed by atoms with van der Waals surface area (Å²) in [6.07, 6.45) is -0.235. The Bertz CT molecular complexity index is 945. The third-order valence-corrected chi connectivity index (χ3v) is 4.70.